The molecule has 0 aliphatic rings. The molecule has 0 fully saturated rings. The molecule has 2 heteroatoms. The Hall–Kier alpha value is -1.05. The minimum absolute atomic E-state index is 0.169. The highest BCUT2D eigenvalue weighted by Crippen LogP contribution is 2.16. The topological polar surface area (TPSA) is 33.1 Å². The molecule has 1 aromatic heterocycles. The fraction of sp³-hybridized carbons (Fsp3) is 0.375. The maximum absolute atomic E-state index is 9.18. The van der Waals surface area contributed by atoms with Crippen LogP contribution in [0.3, 0.4) is 0 Å². The average Bonchev–Trinajstić information content (AvgIpc) is 1.88. The molecule has 0 unspecified atom stereocenters. The number of aryl methyl sites for hydroxylation is 1. The van der Waals surface area contributed by atoms with Crippen molar-refractivity contribution in [2.45, 2.75) is 20.3 Å². The van der Waals surface area contributed by atoms with Crippen LogP contribution in [0, 0.1) is 6.92 Å². The summed E-state index contributed by atoms with van der Waals surface area (Å²) >= 11 is 0. The zero-order valence-electron chi connectivity index (χ0n) is 6.26. The van der Waals surface area contributed by atoms with E-state index in [1.807, 2.05) is 19.9 Å². The number of nitrogens with zero attached hydrogens (tertiary/aromatic N) is 1. The van der Waals surface area contributed by atoms with Crippen LogP contribution in [-0.4, -0.2) is 10.1 Å². The lowest BCUT2D eigenvalue weighted by molar-refractivity contribution is 0.446. The first-order valence-corrected chi connectivity index (χ1v) is 3.39. The summed E-state index contributed by atoms with van der Waals surface area (Å²) in [5.41, 5.74) is 2.05. The second kappa shape index (κ2) is 2.69. The van der Waals surface area contributed by atoms with E-state index in [9.17, 15) is 5.11 Å². The molecular weight excluding hydrogens is 126 g/mol. The second-order valence-corrected chi connectivity index (χ2v) is 2.28. The van der Waals surface area contributed by atoms with Gasteiger partial charge in [-0.15, -0.1) is 0 Å². The van der Waals surface area contributed by atoms with Crippen LogP contribution < -0.4 is 0 Å². The Morgan fingerprint density at radius 3 is 2.70 bits per heavy atom. The minimum atomic E-state index is 0.169. The van der Waals surface area contributed by atoms with E-state index < -0.39 is 0 Å². The van der Waals surface area contributed by atoms with Gasteiger partial charge in [0.1, 0.15) is 0 Å². The zero-order valence-corrected chi connectivity index (χ0v) is 6.26. The van der Waals surface area contributed by atoms with Gasteiger partial charge in [0.05, 0.1) is 0 Å². The van der Waals surface area contributed by atoms with E-state index in [1.165, 1.54) is 0 Å². The second-order valence-electron chi connectivity index (χ2n) is 2.28. The fourth-order valence-corrected chi connectivity index (χ4v) is 1.01. The van der Waals surface area contributed by atoms with Crippen molar-refractivity contribution in [3.8, 4) is 5.88 Å². The van der Waals surface area contributed by atoms with Crippen LogP contribution in [0.25, 0.3) is 0 Å². The lowest BCUT2D eigenvalue weighted by Gasteiger charge is -2.02. The van der Waals surface area contributed by atoms with Gasteiger partial charge in [-0.1, -0.05) is 6.92 Å². The van der Waals surface area contributed by atoms with Crippen molar-refractivity contribution < 1.29 is 5.11 Å². The van der Waals surface area contributed by atoms with Gasteiger partial charge in [-0.3, -0.25) is 0 Å². The highest BCUT2D eigenvalue weighted by Gasteiger charge is 2.00. The van der Waals surface area contributed by atoms with Gasteiger partial charge in [-0.2, -0.15) is 0 Å². The van der Waals surface area contributed by atoms with Gasteiger partial charge in [-0.25, -0.2) is 4.98 Å². The molecule has 0 aromatic carbocycles. The summed E-state index contributed by atoms with van der Waals surface area (Å²) < 4.78 is 0. The molecule has 1 rings (SSSR count). The van der Waals surface area contributed by atoms with E-state index in [0.29, 0.717) is 0 Å². The molecule has 1 aromatic rings. The highest BCUT2D eigenvalue weighted by molar-refractivity contribution is 5.31. The summed E-state index contributed by atoms with van der Waals surface area (Å²) in [6, 6.07) is 1.90. The van der Waals surface area contributed by atoms with Gasteiger partial charge in [0.15, 0.2) is 0 Å². The fourth-order valence-electron chi connectivity index (χ4n) is 1.01. The Morgan fingerprint density at radius 1 is 1.60 bits per heavy atom. The van der Waals surface area contributed by atoms with E-state index >= 15 is 0 Å². The molecule has 0 saturated carbocycles. The van der Waals surface area contributed by atoms with Crippen molar-refractivity contribution in [1.82, 2.24) is 4.98 Å². The van der Waals surface area contributed by atoms with Crippen LogP contribution in [0.4, 0.5) is 0 Å². The monoisotopic (exact) mass is 137 g/mol. The SMILES string of the molecule is CCc1c(C)ccnc1O. The van der Waals surface area contributed by atoms with Crippen LogP contribution in [0.2, 0.25) is 0 Å². The predicted molar refractivity (Wildman–Crippen MR) is 40.0 cm³/mol. The Balaban J connectivity index is 3.17. The predicted octanol–water partition coefficient (Wildman–Crippen LogP) is 1.66. The van der Waals surface area contributed by atoms with E-state index in [1.54, 1.807) is 6.20 Å². The van der Waals surface area contributed by atoms with Crippen molar-refractivity contribution >= 4 is 0 Å². The molecular formula is C8H11NO. The molecule has 10 heavy (non-hydrogen) atoms. The maximum Gasteiger partial charge on any atom is 0.214 e. The summed E-state index contributed by atoms with van der Waals surface area (Å²) in [5, 5.41) is 9.18. The number of hydrogen-bond acceptors (Lipinski definition) is 2. The summed E-state index contributed by atoms with van der Waals surface area (Å²) in [6.45, 7) is 3.98. The van der Waals surface area contributed by atoms with Gasteiger partial charge in [-0.05, 0) is 25.0 Å². The number of aromatic nitrogens is 1. The number of rotatable bonds is 1. The number of aromatic hydroxyl groups is 1. The van der Waals surface area contributed by atoms with Crippen molar-refractivity contribution in [3.63, 3.8) is 0 Å². The van der Waals surface area contributed by atoms with Crippen LogP contribution in [0.1, 0.15) is 18.1 Å². The molecule has 2 nitrogen and oxygen atoms in total. The maximum atomic E-state index is 9.18. The average molecular weight is 137 g/mol. The molecule has 1 N–H and O–H groups in total. The molecule has 0 bridgehead atoms. The van der Waals surface area contributed by atoms with E-state index in [4.69, 9.17) is 0 Å². The zero-order chi connectivity index (χ0) is 7.56. The Bertz CT molecular complexity index is 212. The third-order valence-corrected chi connectivity index (χ3v) is 1.62. The Morgan fingerprint density at radius 2 is 2.30 bits per heavy atom. The molecule has 0 aliphatic heterocycles. The molecule has 0 radical (unpaired) electrons. The van der Waals surface area contributed by atoms with Crippen LogP contribution >= 0.6 is 0 Å². The number of hydrogen-bond donors (Lipinski definition) is 1. The molecule has 1 heterocycles. The number of pyridine rings is 1. The molecule has 54 valence electrons. The first-order valence-electron chi connectivity index (χ1n) is 3.39. The van der Waals surface area contributed by atoms with E-state index in [0.717, 1.165) is 17.5 Å². The quantitative estimate of drug-likeness (QED) is 0.638. The summed E-state index contributed by atoms with van der Waals surface area (Å²) in [4.78, 5) is 3.77. The summed E-state index contributed by atoms with van der Waals surface area (Å²) in [6.07, 6.45) is 2.45. The Kier molecular flexibility index (Phi) is 1.90. The van der Waals surface area contributed by atoms with Crippen LogP contribution in [0.15, 0.2) is 12.3 Å². The molecule has 0 amide bonds. The molecule has 0 saturated heterocycles. The third kappa shape index (κ3) is 1.10. The van der Waals surface area contributed by atoms with Crippen molar-refractivity contribution in [1.29, 1.82) is 0 Å². The lowest BCUT2D eigenvalue weighted by Crippen LogP contribution is -1.88. The van der Waals surface area contributed by atoms with Crippen LogP contribution in [-0.2, 0) is 6.42 Å². The van der Waals surface area contributed by atoms with Gasteiger partial charge >= 0.3 is 0 Å². The van der Waals surface area contributed by atoms with Crippen LogP contribution in [0.5, 0.6) is 5.88 Å². The first kappa shape index (κ1) is 7.06. The minimum Gasteiger partial charge on any atom is -0.493 e. The largest absolute Gasteiger partial charge is 0.493 e. The third-order valence-electron chi connectivity index (χ3n) is 1.62. The highest BCUT2D eigenvalue weighted by atomic mass is 16.3. The normalized spacial score (nSPS) is 9.80. The Labute approximate surface area is 60.5 Å². The molecule has 0 atom stereocenters. The van der Waals surface area contributed by atoms with Crippen molar-refractivity contribution in [2.24, 2.45) is 0 Å². The lowest BCUT2D eigenvalue weighted by atomic mass is 10.1. The van der Waals surface area contributed by atoms with Crippen molar-refractivity contribution in [3.05, 3.63) is 23.4 Å². The van der Waals surface area contributed by atoms with Crippen molar-refractivity contribution in [2.75, 3.05) is 0 Å². The van der Waals surface area contributed by atoms with Gasteiger partial charge < -0.3 is 5.11 Å². The van der Waals surface area contributed by atoms with Gasteiger partial charge in [0.2, 0.25) is 5.88 Å². The molecule has 0 spiro atoms. The van der Waals surface area contributed by atoms with Gasteiger partial charge in [0.25, 0.3) is 0 Å². The summed E-state index contributed by atoms with van der Waals surface area (Å²) in [5.74, 6) is 0.169. The van der Waals surface area contributed by atoms with E-state index in [2.05, 4.69) is 4.98 Å². The first-order chi connectivity index (χ1) is 4.75. The van der Waals surface area contributed by atoms with E-state index in [-0.39, 0.29) is 5.88 Å². The standard InChI is InChI=1S/C8H11NO/c1-3-7-6(2)4-5-9-8(7)10/h4-5H,3H2,1-2H3,(H,9,10). The smallest absolute Gasteiger partial charge is 0.214 e. The summed E-state index contributed by atoms with van der Waals surface area (Å²) in [7, 11) is 0. The molecule has 0 aliphatic carbocycles. The van der Waals surface area contributed by atoms with Gasteiger partial charge in [0, 0.05) is 11.8 Å².